The third-order valence-corrected chi connectivity index (χ3v) is 12.1. The van der Waals surface area contributed by atoms with E-state index in [1.807, 2.05) is 11.3 Å². The Balaban J connectivity index is 1.03. The first-order chi connectivity index (χ1) is 26.8. The molecule has 2 N–H and O–H groups in total. The molecule has 5 heteroatoms. The molecule has 0 radical (unpaired) electrons. The van der Waals surface area contributed by atoms with Crippen LogP contribution in [0.2, 0.25) is 0 Å². The zero-order valence-electron chi connectivity index (χ0n) is 29.3. The van der Waals surface area contributed by atoms with Crippen molar-refractivity contribution in [2.45, 2.75) is 12.3 Å². The second-order valence-electron chi connectivity index (χ2n) is 14.0. The van der Waals surface area contributed by atoms with Gasteiger partial charge in [0.2, 0.25) is 0 Å². The number of fused-ring (bicyclic) bond motifs is 8. The van der Waals surface area contributed by atoms with Crippen LogP contribution in [0.1, 0.15) is 29.0 Å². The van der Waals surface area contributed by atoms with Crippen molar-refractivity contribution >= 4 is 69.9 Å². The maximum Gasteiger partial charge on any atom is 0.133 e. The Labute approximate surface area is 316 Å². The second kappa shape index (κ2) is 12.6. The van der Waals surface area contributed by atoms with Crippen LogP contribution in [-0.2, 0) is 0 Å². The summed E-state index contributed by atoms with van der Waals surface area (Å²) in [6.45, 7) is 0. The van der Waals surface area contributed by atoms with E-state index in [0.717, 1.165) is 33.8 Å². The van der Waals surface area contributed by atoms with Crippen molar-refractivity contribution in [1.82, 2.24) is 15.2 Å². The molecule has 0 spiro atoms. The van der Waals surface area contributed by atoms with Gasteiger partial charge in [-0.3, -0.25) is 5.32 Å². The molecule has 0 amide bonds. The van der Waals surface area contributed by atoms with E-state index in [1.165, 1.54) is 58.3 Å². The van der Waals surface area contributed by atoms with Crippen molar-refractivity contribution < 1.29 is 0 Å². The van der Waals surface area contributed by atoms with Crippen LogP contribution in [0.25, 0.3) is 69.6 Å². The van der Waals surface area contributed by atoms with Crippen molar-refractivity contribution in [3.8, 4) is 16.8 Å². The molecule has 0 bridgehead atoms. The van der Waals surface area contributed by atoms with E-state index in [1.54, 1.807) is 0 Å². The minimum atomic E-state index is -0.261. The van der Waals surface area contributed by atoms with Gasteiger partial charge in [0.05, 0.1) is 11.0 Å². The lowest BCUT2D eigenvalue weighted by Crippen LogP contribution is -2.45. The van der Waals surface area contributed by atoms with E-state index in [4.69, 9.17) is 4.99 Å². The number of aromatic nitrogens is 1. The molecule has 2 atom stereocenters. The van der Waals surface area contributed by atoms with E-state index in [-0.39, 0.29) is 12.3 Å². The molecular formula is C49H34N4S. The number of rotatable bonds is 5. The van der Waals surface area contributed by atoms with E-state index < -0.39 is 0 Å². The lowest BCUT2D eigenvalue weighted by molar-refractivity contribution is 0.409. The van der Waals surface area contributed by atoms with Crippen LogP contribution in [0.15, 0.2) is 187 Å². The van der Waals surface area contributed by atoms with Crippen LogP contribution in [0.3, 0.4) is 0 Å². The Morgan fingerprint density at radius 2 is 1.22 bits per heavy atom. The molecule has 3 heterocycles. The number of para-hydroxylation sites is 1. The lowest BCUT2D eigenvalue weighted by Gasteiger charge is -2.32. The molecule has 1 aliphatic rings. The van der Waals surface area contributed by atoms with Crippen molar-refractivity contribution in [1.29, 1.82) is 0 Å². The summed E-state index contributed by atoms with van der Waals surface area (Å²) < 4.78 is 4.97. The molecule has 0 aliphatic carbocycles. The first-order valence-electron chi connectivity index (χ1n) is 18.4. The molecule has 0 saturated carbocycles. The first kappa shape index (κ1) is 31.0. The summed E-state index contributed by atoms with van der Waals surface area (Å²) in [7, 11) is 0. The standard InChI is InChI=1S/C49H34N4S/c1-2-14-32(15-3-1)47-50-48(52-49(51-47)42-24-12-23-41-39-22-7-9-26-44(39)54-46(41)42)35-18-10-16-33(29-35)34-17-11-19-36(30-34)53-43-25-8-6-21-38(43)40-28-27-31-13-4-5-20-37(31)45(40)53/h1-30,47-48,50H,(H,51,52). The summed E-state index contributed by atoms with van der Waals surface area (Å²) in [5, 5.41) is 15.2. The van der Waals surface area contributed by atoms with Crippen molar-refractivity contribution in [3.05, 3.63) is 199 Å². The van der Waals surface area contributed by atoms with Gasteiger partial charge >= 0.3 is 0 Å². The monoisotopic (exact) mass is 710 g/mol. The average molecular weight is 711 g/mol. The Hall–Kier alpha value is -6.53. The molecule has 11 rings (SSSR count). The summed E-state index contributed by atoms with van der Waals surface area (Å²) in [6.07, 6.45) is -0.381. The van der Waals surface area contributed by atoms with Gasteiger partial charge < -0.3 is 9.88 Å². The van der Waals surface area contributed by atoms with Gasteiger partial charge in [-0.25, -0.2) is 4.99 Å². The molecule has 8 aromatic carbocycles. The third kappa shape index (κ3) is 5.05. The largest absolute Gasteiger partial charge is 0.350 e. The molecule has 2 aromatic heterocycles. The topological polar surface area (TPSA) is 41.4 Å². The molecule has 1 aliphatic heterocycles. The fraction of sp³-hybridized carbons (Fsp3) is 0.0408. The summed E-state index contributed by atoms with van der Waals surface area (Å²) in [4.78, 5) is 5.41. The second-order valence-corrected chi connectivity index (χ2v) is 15.1. The number of thiophene rings is 1. The van der Waals surface area contributed by atoms with Crippen LogP contribution in [0.5, 0.6) is 0 Å². The molecule has 0 saturated heterocycles. The maximum absolute atomic E-state index is 5.41. The van der Waals surface area contributed by atoms with Crippen LogP contribution in [0.4, 0.5) is 0 Å². The van der Waals surface area contributed by atoms with E-state index >= 15 is 0 Å². The van der Waals surface area contributed by atoms with Gasteiger partial charge in [-0.05, 0) is 64.0 Å². The minimum Gasteiger partial charge on any atom is -0.350 e. The Kier molecular flexibility index (Phi) is 7.22. The van der Waals surface area contributed by atoms with Gasteiger partial charge in [0, 0.05) is 47.6 Å². The maximum atomic E-state index is 5.41. The van der Waals surface area contributed by atoms with Gasteiger partial charge in [-0.2, -0.15) is 0 Å². The number of aliphatic imine (C=N–C) groups is 1. The van der Waals surface area contributed by atoms with E-state index in [2.05, 4.69) is 197 Å². The number of hydrogen-bond acceptors (Lipinski definition) is 4. The quantitative estimate of drug-likeness (QED) is 0.187. The summed E-state index contributed by atoms with van der Waals surface area (Å²) in [6, 6.07) is 65.6. The molecule has 4 nitrogen and oxygen atoms in total. The van der Waals surface area contributed by atoms with Crippen LogP contribution < -0.4 is 10.6 Å². The Morgan fingerprint density at radius 1 is 0.519 bits per heavy atom. The Morgan fingerprint density at radius 3 is 2.13 bits per heavy atom. The van der Waals surface area contributed by atoms with Crippen molar-refractivity contribution in [3.63, 3.8) is 0 Å². The predicted octanol–water partition coefficient (Wildman–Crippen LogP) is 12.3. The van der Waals surface area contributed by atoms with Crippen molar-refractivity contribution in [2.75, 3.05) is 0 Å². The summed E-state index contributed by atoms with van der Waals surface area (Å²) in [5.41, 5.74) is 9.31. The van der Waals surface area contributed by atoms with Gasteiger partial charge in [0.1, 0.15) is 18.2 Å². The zero-order chi connectivity index (χ0) is 35.6. The highest BCUT2D eigenvalue weighted by Gasteiger charge is 2.27. The zero-order valence-corrected chi connectivity index (χ0v) is 30.1. The SMILES string of the molecule is c1ccc(C2NC(c3cccc4c3sc3ccccc34)=NC(c3cccc(-c4cccc(-n5c6ccccc6c6ccc7ccccc7c65)c4)c3)N2)cc1. The molecule has 10 aromatic rings. The predicted molar refractivity (Wildman–Crippen MR) is 228 cm³/mol. The highest BCUT2D eigenvalue weighted by Crippen LogP contribution is 2.39. The van der Waals surface area contributed by atoms with E-state index in [0.29, 0.717) is 0 Å². The van der Waals surface area contributed by atoms with Crippen LogP contribution >= 0.6 is 11.3 Å². The van der Waals surface area contributed by atoms with Crippen LogP contribution in [-0.4, -0.2) is 10.4 Å². The smallest absolute Gasteiger partial charge is 0.133 e. The highest BCUT2D eigenvalue weighted by atomic mass is 32.1. The third-order valence-electron chi connectivity index (χ3n) is 10.9. The lowest BCUT2D eigenvalue weighted by atomic mass is 10.00. The highest BCUT2D eigenvalue weighted by molar-refractivity contribution is 7.26. The van der Waals surface area contributed by atoms with Gasteiger partial charge in [-0.15, -0.1) is 11.3 Å². The van der Waals surface area contributed by atoms with Crippen molar-refractivity contribution in [2.24, 2.45) is 4.99 Å². The van der Waals surface area contributed by atoms with Gasteiger partial charge in [-0.1, -0.05) is 146 Å². The molecular weight excluding hydrogens is 677 g/mol. The molecule has 54 heavy (non-hydrogen) atoms. The van der Waals surface area contributed by atoms with Gasteiger partial charge in [0.25, 0.3) is 0 Å². The first-order valence-corrected chi connectivity index (χ1v) is 19.3. The van der Waals surface area contributed by atoms with Gasteiger partial charge in [0.15, 0.2) is 0 Å². The molecule has 2 unspecified atom stereocenters. The number of amidine groups is 1. The van der Waals surface area contributed by atoms with Crippen LogP contribution in [0, 0.1) is 0 Å². The number of nitrogens with zero attached hydrogens (tertiary/aromatic N) is 2. The van der Waals surface area contributed by atoms with E-state index in [9.17, 15) is 0 Å². The molecule has 256 valence electrons. The number of benzene rings is 8. The normalized spacial score (nSPS) is 16.0. The summed E-state index contributed by atoms with van der Waals surface area (Å²) in [5.74, 6) is 0.899. The number of hydrogen-bond donors (Lipinski definition) is 2. The fourth-order valence-electron chi connectivity index (χ4n) is 8.33. The minimum absolute atomic E-state index is 0.120. The Bertz CT molecular complexity index is 3080. The summed E-state index contributed by atoms with van der Waals surface area (Å²) >= 11 is 1.83. The number of nitrogens with one attached hydrogen (secondary N) is 2. The molecule has 0 fully saturated rings. The fourth-order valence-corrected chi connectivity index (χ4v) is 9.55. The average Bonchev–Trinajstić information content (AvgIpc) is 3.80.